The van der Waals surface area contributed by atoms with E-state index in [0.717, 1.165) is 27.4 Å². The van der Waals surface area contributed by atoms with Crippen molar-refractivity contribution < 1.29 is 4.74 Å². The Morgan fingerprint density at radius 1 is 1.14 bits per heavy atom. The van der Waals surface area contributed by atoms with E-state index in [9.17, 15) is 0 Å². The maximum Gasteiger partial charge on any atom is 0.152 e. The van der Waals surface area contributed by atoms with E-state index in [1.807, 2.05) is 25.1 Å². The number of nitrogen functional groups attached to an aromatic ring is 1. The van der Waals surface area contributed by atoms with E-state index < -0.39 is 0 Å². The smallest absolute Gasteiger partial charge is 0.152 e. The maximum absolute atomic E-state index is 6.11. The molecule has 1 aliphatic rings. The van der Waals surface area contributed by atoms with Gasteiger partial charge in [0.15, 0.2) is 5.75 Å². The number of benzene rings is 2. The number of rotatable bonds is 2. The molecule has 0 saturated heterocycles. The standard InChI is InChI=1S/C17H16N2OS/c1-10-19-15-9-16(14(18)8-17(15)21-10)20-13-6-5-11-3-2-4-12(11)7-13/h5-9H,2-4,18H2,1H3. The van der Waals surface area contributed by atoms with E-state index in [0.29, 0.717) is 11.4 Å². The van der Waals surface area contributed by atoms with Crippen molar-refractivity contribution in [1.82, 2.24) is 4.98 Å². The Bertz CT molecular complexity index is 838. The van der Waals surface area contributed by atoms with Gasteiger partial charge in [0.1, 0.15) is 5.75 Å². The van der Waals surface area contributed by atoms with E-state index in [1.165, 1.54) is 24.0 Å². The Hall–Kier alpha value is -2.07. The molecule has 0 fully saturated rings. The third-order valence-electron chi connectivity index (χ3n) is 3.92. The first-order valence-corrected chi connectivity index (χ1v) is 7.97. The molecule has 0 aliphatic heterocycles. The van der Waals surface area contributed by atoms with Crippen LogP contribution in [0, 0.1) is 6.92 Å². The summed E-state index contributed by atoms with van der Waals surface area (Å²) >= 11 is 1.65. The molecule has 4 heteroatoms. The number of aromatic nitrogens is 1. The van der Waals surface area contributed by atoms with Crippen LogP contribution in [0.4, 0.5) is 5.69 Å². The molecule has 2 aromatic carbocycles. The highest BCUT2D eigenvalue weighted by Gasteiger charge is 2.13. The van der Waals surface area contributed by atoms with E-state index in [4.69, 9.17) is 10.5 Å². The second kappa shape index (κ2) is 4.74. The lowest BCUT2D eigenvalue weighted by molar-refractivity contribution is 0.485. The van der Waals surface area contributed by atoms with Crippen LogP contribution in [0.1, 0.15) is 22.6 Å². The number of nitrogens with zero attached hydrogens (tertiary/aromatic N) is 1. The molecule has 1 heterocycles. The number of hydrogen-bond donors (Lipinski definition) is 1. The van der Waals surface area contributed by atoms with Gasteiger partial charge in [0, 0.05) is 6.07 Å². The van der Waals surface area contributed by atoms with Crippen molar-refractivity contribution >= 4 is 27.2 Å². The third-order valence-corrected chi connectivity index (χ3v) is 4.86. The molecule has 1 aromatic heterocycles. The Labute approximate surface area is 127 Å². The topological polar surface area (TPSA) is 48.1 Å². The summed E-state index contributed by atoms with van der Waals surface area (Å²) in [7, 11) is 0. The van der Waals surface area contributed by atoms with Crippen molar-refractivity contribution in [2.24, 2.45) is 0 Å². The first-order valence-electron chi connectivity index (χ1n) is 7.15. The summed E-state index contributed by atoms with van der Waals surface area (Å²) in [6.07, 6.45) is 3.57. The van der Waals surface area contributed by atoms with Crippen LogP contribution in [0.25, 0.3) is 10.2 Å². The zero-order chi connectivity index (χ0) is 14.4. The molecule has 3 nitrogen and oxygen atoms in total. The van der Waals surface area contributed by atoms with E-state index in [1.54, 1.807) is 11.3 Å². The van der Waals surface area contributed by atoms with Gasteiger partial charge < -0.3 is 10.5 Å². The predicted octanol–water partition coefficient (Wildman–Crippen LogP) is 4.47. The van der Waals surface area contributed by atoms with Gasteiger partial charge in [0.25, 0.3) is 0 Å². The van der Waals surface area contributed by atoms with Crippen molar-refractivity contribution in [2.75, 3.05) is 5.73 Å². The molecule has 1 aliphatic carbocycles. The fraction of sp³-hybridized carbons (Fsp3) is 0.235. The van der Waals surface area contributed by atoms with Crippen LogP contribution in [-0.2, 0) is 12.8 Å². The molecule has 0 saturated carbocycles. The predicted molar refractivity (Wildman–Crippen MR) is 87.3 cm³/mol. The number of ether oxygens (including phenoxy) is 1. The first kappa shape index (κ1) is 12.7. The summed E-state index contributed by atoms with van der Waals surface area (Å²) in [5.41, 5.74) is 10.6. The summed E-state index contributed by atoms with van der Waals surface area (Å²) in [5, 5.41) is 1.04. The van der Waals surface area contributed by atoms with Gasteiger partial charge in [-0.15, -0.1) is 11.3 Å². The van der Waals surface area contributed by atoms with Crippen molar-refractivity contribution in [3.05, 3.63) is 46.5 Å². The van der Waals surface area contributed by atoms with Crippen LogP contribution >= 0.6 is 11.3 Å². The van der Waals surface area contributed by atoms with Gasteiger partial charge >= 0.3 is 0 Å². The molecule has 0 radical (unpaired) electrons. The van der Waals surface area contributed by atoms with Crippen LogP contribution in [0.15, 0.2) is 30.3 Å². The lowest BCUT2D eigenvalue weighted by Gasteiger charge is -2.10. The lowest BCUT2D eigenvalue weighted by Crippen LogP contribution is -1.93. The van der Waals surface area contributed by atoms with Crippen molar-refractivity contribution in [3.8, 4) is 11.5 Å². The van der Waals surface area contributed by atoms with Crippen LogP contribution in [0.2, 0.25) is 0 Å². The molecule has 3 aromatic rings. The lowest BCUT2D eigenvalue weighted by atomic mass is 10.1. The number of nitrogens with two attached hydrogens (primary N) is 1. The first-order chi connectivity index (χ1) is 10.2. The van der Waals surface area contributed by atoms with Gasteiger partial charge in [-0.05, 0) is 55.5 Å². The third kappa shape index (κ3) is 2.25. The average Bonchev–Trinajstić information content (AvgIpc) is 3.04. The zero-order valence-corrected chi connectivity index (χ0v) is 12.7. The summed E-state index contributed by atoms with van der Waals surface area (Å²) < 4.78 is 7.09. The van der Waals surface area contributed by atoms with Crippen LogP contribution in [0.3, 0.4) is 0 Å². The van der Waals surface area contributed by atoms with Crippen LogP contribution in [0.5, 0.6) is 11.5 Å². The highest BCUT2D eigenvalue weighted by Crippen LogP contribution is 2.35. The largest absolute Gasteiger partial charge is 0.455 e. The Balaban J connectivity index is 1.71. The van der Waals surface area contributed by atoms with Gasteiger partial charge in [-0.2, -0.15) is 0 Å². The molecule has 0 spiro atoms. The molecule has 4 rings (SSSR count). The number of hydrogen-bond acceptors (Lipinski definition) is 4. The second-order valence-electron chi connectivity index (χ2n) is 5.48. The minimum atomic E-state index is 0.659. The fourth-order valence-electron chi connectivity index (χ4n) is 2.91. The Morgan fingerprint density at radius 3 is 2.90 bits per heavy atom. The van der Waals surface area contributed by atoms with E-state index >= 15 is 0 Å². The SMILES string of the molecule is Cc1nc2cc(Oc3ccc4c(c3)CCC4)c(N)cc2s1. The zero-order valence-electron chi connectivity index (χ0n) is 11.8. The molecule has 0 amide bonds. The van der Waals surface area contributed by atoms with Crippen molar-refractivity contribution in [2.45, 2.75) is 26.2 Å². The molecule has 0 bridgehead atoms. The summed E-state index contributed by atoms with van der Waals surface area (Å²) in [4.78, 5) is 4.50. The number of thiazole rings is 1. The van der Waals surface area contributed by atoms with E-state index in [2.05, 4.69) is 17.1 Å². The molecular formula is C17H16N2OS. The van der Waals surface area contributed by atoms with Gasteiger partial charge in [-0.25, -0.2) is 4.98 Å². The van der Waals surface area contributed by atoms with Gasteiger partial charge in [-0.1, -0.05) is 6.07 Å². The average molecular weight is 296 g/mol. The summed E-state index contributed by atoms with van der Waals surface area (Å²) in [6.45, 7) is 2.00. The number of fused-ring (bicyclic) bond motifs is 2. The highest BCUT2D eigenvalue weighted by molar-refractivity contribution is 7.18. The van der Waals surface area contributed by atoms with Crippen molar-refractivity contribution in [3.63, 3.8) is 0 Å². The Kier molecular flexibility index (Phi) is 2.86. The summed E-state index contributed by atoms with van der Waals surface area (Å²) in [5.74, 6) is 1.54. The molecular weight excluding hydrogens is 280 g/mol. The fourth-order valence-corrected chi connectivity index (χ4v) is 3.77. The summed E-state index contributed by atoms with van der Waals surface area (Å²) in [6, 6.07) is 10.2. The van der Waals surface area contributed by atoms with Gasteiger partial charge in [-0.3, -0.25) is 0 Å². The number of aryl methyl sites for hydroxylation is 3. The molecule has 0 atom stereocenters. The molecule has 21 heavy (non-hydrogen) atoms. The normalized spacial score (nSPS) is 13.6. The van der Waals surface area contributed by atoms with Gasteiger partial charge in [0.05, 0.1) is 20.9 Å². The minimum absolute atomic E-state index is 0.659. The Morgan fingerprint density at radius 2 is 2.00 bits per heavy atom. The van der Waals surface area contributed by atoms with Crippen LogP contribution in [-0.4, -0.2) is 4.98 Å². The monoisotopic (exact) mass is 296 g/mol. The highest BCUT2D eigenvalue weighted by atomic mass is 32.1. The van der Waals surface area contributed by atoms with Gasteiger partial charge in [0.2, 0.25) is 0 Å². The molecule has 2 N–H and O–H groups in total. The molecule has 0 unspecified atom stereocenters. The second-order valence-corrected chi connectivity index (χ2v) is 6.71. The van der Waals surface area contributed by atoms with Crippen molar-refractivity contribution in [1.29, 1.82) is 0 Å². The number of anilines is 1. The van der Waals surface area contributed by atoms with E-state index in [-0.39, 0.29) is 0 Å². The maximum atomic E-state index is 6.11. The minimum Gasteiger partial charge on any atom is -0.455 e. The van der Waals surface area contributed by atoms with Crippen LogP contribution < -0.4 is 10.5 Å². The molecule has 106 valence electrons. The quantitative estimate of drug-likeness (QED) is 0.710.